The molecule has 1 N–H and O–H groups in total. The molecule has 0 aliphatic carbocycles. The van der Waals surface area contributed by atoms with Gasteiger partial charge in [0, 0.05) is 11.9 Å². The van der Waals surface area contributed by atoms with Crippen molar-refractivity contribution in [3.8, 4) is 11.4 Å². The summed E-state index contributed by atoms with van der Waals surface area (Å²) >= 11 is 0. The summed E-state index contributed by atoms with van der Waals surface area (Å²) in [4.78, 5) is 20.5. The largest absolute Gasteiger partial charge is 0.494 e. The first-order valence-electron chi connectivity index (χ1n) is 7.24. The maximum absolute atomic E-state index is 12.5. The zero-order chi connectivity index (χ0) is 16.9. The van der Waals surface area contributed by atoms with E-state index in [1.54, 1.807) is 25.3 Å². The fraction of sp³-hybridized carbons (Fsp3) is 0.200. The van der Waals surface area contributed by atoms with E-state index in [0.717, 1.165) is 0 Å². The third kappa shape index (κ3) is 3.05. The van der Waals surface area contributed by atoms with Gasteiger partial charge in [-0.25, -0.2) is 9.97 Å². The number of hydrogen-bond donors (Lipinski definition) is 1. The Morgan fingerprint density at radius 3 is 2.96 bits per heavy atom. The summed E-state index contributed by atoms with van der Waals surface area (Å²) in [6, 6.07) is 5.19. The minimum absolute atomic E-state index is 0.278. The second-order valence-electron chi connectivity index (χ2n) is 4.83. The smallest absolute Gasteiger partial charge is 0.259 e. The lowest BCUT2D eigenvalue weighted by Crippen LogP contribution is -2.15. The first-order chi connectivity index (χ1) is 11.7. The first kappa shape index (κ1) is 15.5. The molecule has 9 heteroatoms. The number of rotatable bonds is 5. The van der Waals surface area contributed by atoms with Gasteiger partial charge in [0.15, 0.2) is 0 Å². The minimum atomic E-state index is -0.278. The number of carbonyl (C=O) groups excluding carboxylic acids is 1. The van der Waals surface area contributed by atoms with Crippen molar-refractivity contribution in [2.45, 2.75) is 13.3 Å². The van der Waals surface area contributed by atoms with Crippen molar-refractivity contribution in [2.75, 3.05) is 12.4 Å². The maximum Gasteiger partial charge on any atom is 0.259 e. The van der Waals surface area contributed by atoms with Gasteiger partial charge in [-0.2, -0.15) is 4.68 Å². The molecule has 0 bridgehead atoms. The number of anilines is 1. The Morgan fingerprint density at radius 2 is 2.25 bits per heavy atom. The van der Waals surface area contributed by atoms with E-state index in [4.69, 9.17) is 4.74 Å². The predicted molar refractivity (Wildman–Crippen MR) is 85.1 cm³/mol. The molecule has 0 saturated carbocycles. The highest BCUT2D eigenvalue weighted by atomic mass is 16.5. The van der Waals surface area contributed by atoms with E-state index in [1.165, 1.54) is 23.5 Å². The summed E-state index contributed by atoms with van der Waals surface area (Å²) in [6.45, 7) is 1.93. The molecular formula is C15H15N7O2. The van der Waals surface area contributed by atoms with E-state index in [-0.39, 0.29) is 5.91 Å². The lowest BCUT2D eigenvalue weighted by atomic mass is 10.1. The third-order valence-corrected chi connectivity index (χ3v) is 3.41. The number of nitrogens with zero attached hydrogens (tertiary/aromatic N) is 6. The molecule has 3 rings (SSSR count). The molecule has 0 spiro atoms. The molecule has 2 heterocycles. The van der Waals surface area contributed by atoms with Crippen LogP contribution in [0.15, 0.2) is 37.1 Å². The predicted octanol–water partition coefficient (Wildman–Crippen LogP) is 1.28. The summed E-state index contributed by atoms with van der Waals surface area (Å²) in [6.07, 6.45) is 5.03. The van der Waals surface area contributed by atoms with Crippen LogP contribution in [0.2, 0.25) is 0 Å². The van der Waals surface area contributed by atoms with E-state index in [2.05, 4.69) is 30.8 Å². The van der Waals surface area contributed by atoms with Gasteiger partial charge < -0.3 is 10.1 Å². The van der Waals surface area contributed by atoms with Crippen LogP contribution in [0.25, 0.3) is 5.69 Å². The van der Waals surface area contributed by atoms with Gasteiger partial charge in [-0.05, 0) is 35.0 Å². The highest BCUT2D eigenvalue weighted by Crippen LogP contribution is 2.25. The fourth-order valence-corrected chi connectivity index (χ4v) is 2.24. The van der Waals surface area contributed by atoms with Crippen LogP contribution in [0.3, 0.4) is 0 Å². The van der Waals surface area contributed by atoms with E-state index in [1.807, 2.05) is 6.92 Å². The Hall–Kier alpha value is -3.36. The van der Waals surface area contributed by atoms with Crippen LogP contribution in [0.5, 0.6) is 5.75 Å². The van der Waals surface area contributed by atoms with Crippen LogP contribution in [-0.2, 0) is 6.42 Å². The topological polar surface area (TPSA) is 108 Å². The normalized spacial score (nSPS) is 10.4. The van der Waals surface area contributed by atoms with Gasteiger partial charge in [0.2, 0.25) is 0 Å². The van der Waals surface area contributed by atoms with Gasteiger partial charge in [-0.3, -0.25) is 4.79 Å². The molecule has 0 aliphatic rings. The van der Waals surface area contributed by atoms with Crippen molar-refractivity contribution in [3.05, 3.63) is 48.3 Å². The van der Waals surface area contributed by atoms with Crippen LogP contribution in [0, 0.1) is 0 Å². The lowest BCUT2D eigenvalue weighted by Gasteiger charge is -2.11. The molecule has 3 aromatic rings. The summed E-state index contributed by atoms with van der Waals surface area (Å²) in [7, 11) is 1.55. The van der Waals surface area contributed by atoms with E-state index < -0.39 is 0 Å². The van der Waals surface area contributed by atoms with Crippen molar-refractivity contribution in [1.29, 1.82) is 0 Å². The Morgan fingerprint density at radius 1 is 1.38 bits per heavy atom. The second-order valence-corrected chi connectivity index (χ2v) is 4.83. The summed E-state index contributed by atoms with van der Waals surface area (Å²) in [5.41, 5.74) is 2.33. The zero-order valence-corrected chi connectivity index (χ0v) is 13.2. The Kier molecular flexibility index (Phi) is 4.41. The van der Waals surface area contributed by atoms with Gasteiger partial charge in [0.05, 0.1) is 18.4 Å². The molecule has 2 aromatic heterocycles. The van der Waals surface area contributed by atoms with Gasteiger partial charge >= 0.3 is 0 Å². The highest BCUT2D eigenvalue weighted by Gasteiger charge is 2.14. The van der Waals surface area contributed by atoms with Crippen molar-refractivity contribution < 1.29 is 9.53 Å². The minimum Gasteiger partial charge on any atom is -0.494 e. The van der Waals surface area contributed by atoms with E-state index >= 15 is 0 Å². The average Bonchev–Trinajstić information content (AvgIpc) is 3.16. The lowest BCUT2D eigenvalue weighted by molar-refractivity contribution is 0.102. The Balaban J connectivity index is 1.90. The molecule has 0 aliphatic heterocycles. The van der Waals surface area contributed by atoms with Gasteiger partial charge in [-0.15, -0.1) is 5.10 Å². The SMILES string of the molecule is CCc1ncncc1C(=O)Nc1ccc(OC)c(-n2cnnn2)c1. The number of aryl methyl sites for hydroxylation is 1. The van der Waals surface area contributed by atoms with Crippen molar-refractivity contribution in [3.63, 3.8) is 0 Å². The molecule has 1 aromatic carbocycles. The summed E-state index contributed by atoms with van der Waals surface area (Å²) in [5, 5.41) is 13.9. The van der Waals surface area contributed by atoms with Crippen LogP contribution in [0.4, 0.5) is 5.69 Å². The molecule has 9 nitrogen and oxygen atoms in total. The first-order valence-corrected chi connectivity index (χ1v) is 7.24. The van der Waals surface area contributed by atoms with Crippen LogP contribution < -0.4 is 10.1 Å². The van der Waals surface area contributed by atoms with E-state index in [9.17, 15) is 4.79 Å². The number of hydrogen-bond acceptors (Lipinski definition) is 7. The fourth-order valence-electron chi connectivity index (χ4n) is 2.24. The Labute approximate surface area is 137 Å². The number of methoxy groups -OCH3 is 1. The number of benzene rings is 1. The number of ether oxygens (including phenoxy) is 1. The molecule has 122 valence electrons. The number of amides is 1. The molecule has 0 unspecified atom stereocenters. The highest BCUT2D eigenvalue weighted by molar-refractivity contribution is 6.05. The molecule has 24 heavy (non-hydrogen) atoms. The van der Waals surface area contributed by atoms with Crippen LogP contribution in [-0.4, -0.2) is 43.2 Å². The van der Waals surface area contributed by atoms with Gasteiger partial charge in [-0.1, -0.05) is 6.92 Å². The van der Waals surface area contributed by atoms with Crippen molar-refractivity contribution >= 4 is 11.6 Å². The number of tetrazole rings is 1. The van der Waals surface area contributed by atoms with E-state index in [0.29, 0.717) is 34.8 Å². The van der Waals surface area contributed by atoms with Gasteiger partial charge in [0.25, 0.3) is 5.91 Å². The van der Waals surface area contributed by atoms with Crippen LogP contribution in [0.1, 0.15) is 23.0 Å². The standard InChI is InChI=1S/C15H15N7O2/c1-3-12-11(7-16-8-17-12)15(23)19-10-4-5-14(24-2)13(6-10)22-9-18-20-21-22/h4-9H,3H2,1-2H3,(H,19,23). The molecule has 0 atom stereocenters. The maximum atomic E-state index is 12.5. The monoisotopic (exact) mass is 325 g/mol. The second kappa shape index (κ2) is 6.82. The number of aromatic nitrogens is 6. The Bertz CT molecular complexity index is 849. The van der Waals surface area contributed by atoms with Gasteiger partial charge in [0.1, 0.15) is 24.1 Å². The number of carbonyl (C=O) groups is 1. The van der Waals surface area contributed by atoms with Crippen molar-refractivity contribution in [1.82, 2.24) is 30.2 Å². The molecule has 0 fully saturated rings. The average molecular weight is 325 g/mol. The molecule has 0 saturated heterocycles. The third-order valence-electron chi connectivity index (χ3n) is 3.41. The quantitative estimate of drug-likeness (QED) is 0.752. The van der Waals surface area contributed by atoms with Crippen LogP contribution >= 0.6 is 0 Å². The number of nitrogens with one attached hydrogen (secondary N) is 1. The molecular weight excluding hydrogens is 310 g/mol. The van der Waals surface area contributed by atoms with Crippen molar-refractivity contribution in [2.24, 2.45) is 0 Å². The molecule has 0 radical (unpaired) electrons. The summed E-state index contributed by atoms with van der Waals surface area (Å²) in [5.74, 6) is 0.304. The zero-order valence-electron chi connectivity index (χ0n) is 13.2. The summed E-state index contributed by atoms with van der Waals surface area (Å²) < 4.78 is 6.76. The molecule has 1 amide bonds.